The van der Waals surface area contributed by atoms with Gasteiger partial charge in [-0.25, -0.2) is 0 Å². The Bertz CT molecular complexity index is 575. The van der Waals surface area contributed by atoms with Gasteiger partial charge in [-0.05, 0) is 29.5 Å². The van der Waals surface area contributed by atoms with E-state index in [0.29, 0.717) is 6.10 Å². The minimum absolute atomic E-state index is 0.0530. The molecular weight excluding hydrogens is 220 g/mol. The van der Waals surface area contributed by atoms with Crippen molar-refractivity contribution >= 4 is 0 Å². The lowest BCUT2D eigenvalue weighted by Gasteiger charge is -2.26. The fraction of sp³-hybridized carbons (Fsp3) is 0.294. The summed E-state index contributed by atoms with van der Waals surface area (Å²) in [5, 5.41) is 0. The van der Waals surface area contributed by atoms with Gasteiger partial charge in [-0.15, -0.1) is 0 Å². The molecule has 2 bridgehead atoms. The Hall–Kier alpha value is -1.60. The van der Waals surface area contributed by atoms with E-state index in [1.54, 1.807) is 0 Å². The molecular formula is C17H16O. The lowest BCUT2D eigenvalue weighted by atomic mass is 9.79. The second-order valence-corrected chi connectivity index (χ2v) is 5.39. The van der Waals surface area contributed by atoms with Gasteiger partial charge in [-0.1, -0.05) is 54.6 Å². The van der Waals surface area contributed by atoms with Crippen molar-refractivity contribution in [2.75, 3.05) is 0 Å². The Morgan fingerprint density at radius 1 is 1.00 bits per heavy atom. The van der Waals surface area contributed by atoms with Crippen molar-refractivity contribution in [3.05, 3.63) is 71.3 Å². The highest BCUT2D eigenvalue weighted by Gasteiger charge is 2.49. The van der Waals surface area contributed by atoms with Crippen molar-refractivity contribution in [3.8, 4) is 0 Å². The van der Waals surface area contributed by atoms with Crippen LogP contribution in [0.1, 0.15) is 35.6 Å². The van der Waals surface area contributed by atoms with Gasteiger partial charge in [-0.2, -0.15) is 0 Å². The van der Waals surface area contributed by atoms with Crippen LogP contribution in [0.4, 0.5) is 0 Å². The summed E-state index contributed by atoms with van der Waals surface area (Å²) in [7, 11) is 0. The second kappa shape index (κ2) is 3.69. The summed E-state index contributed by atoms with van der Waals surface area (Å²) in [5.74, 6) is 0. The fourth-order valence-corrected chi connectivity index (χ4v) is 3.52. The van der Waals surface area contributed by atoms with E-state index in [1.807, 2.05) is 0 Å². The zero-order valence-electron chi connectivity index (χ0n) is 10.3. The summed E-state index contributed by atoms with van der Waals surface area (Å²) in [5.41, 5.74) is 4.16. The Kier molecular flexibility index (Phi) is 2.12. The van der Waals surface area contributed by atoms with Gasteiger partial charge in [-0.3, -0.25) is 0 Å². The van der Waals surface area contributed by atoms with E-state index in [9.17, 15) is 0 Å². The average Bonchev–Trinajstić information content (AvgIpc) is 2.97. The van der Waals surface area contributed by atoms with E-state index < -0.39 is 0 Å². The minimum atomic E-state index is -0.0530. The topological polar surface area (TPSA) is 9.23 Å². The number of rotatable bonds is 2. The van der Waals surface area contributed by atoms with Crippen LogP contribution in [0.3, 0.4) is 0 Å². The van der Waals surface area contributed by atoms with Crippen molar-refractivity contribution in [2.24, 2.45) is 0 Å². The van der Waals surface area contributed by atoms with Gasteiger partial charge < -0.3 is 4.74 Å². The van der Waals surface area contributed by atoms with Gasteiger partial charge in [0.15, 0.2) is 0 Å². The van der Waals surface area contributed by atoms with Crippen molar-refractivity contribution in [1.29, 1.82) is 0 Å². The van der Waals surface area contributed by atoms with Crippen LogP contribution in [0.5, 0.6) is 0 Å². The molecule has 90 valence electrons. The molecule has 1 heteroatoms. The first-order chi connectivity index (χ1) is 8.87. The van der Waals surface area contributed by atoms with E-state index in [1.165, 1.54) is 23.1 Å². The third-order valence-corrected chi connectivity index (χ3v) is 4.31. The molecule has 2 unspecified atom stereocenters. The van der Waals surface area contributed by atoms with E-state index in [0.717, 1.165) is 12.8 Å². The van der Waals surface area contributed by atoms with Crippen molar-refractivity contribution in [3.63, 3.8) is 0 Å². The molecule has 2 heterocycles. The molecule has 2 aromatic carbocycles. The standard InChI is InChI=1S/C17H16O/c1-2-6-13(7-3-1)12-17-11-10-16(18-17)14-8-4-5-9-15(14)17/h1-9,16H,10-12H2. The number of fused-ring (bicyclic) bond motifs is 5. The van der Waals surface area contributed by atoms with E-state index >= 15 is 0 Å². The molecule has 2 aliphatic rings. The van der Waals surface area contributed by atoms with Crippen molar-refractivity contribution in [1.82, 2.24) is 0 Å². The SMILES string of the molecule is c1ccc(CC23CCC(O2)c2ccccc23)cc1. The molecule has 2 atom stereocenters. The summed E-state index contributed by atoms with van der Waals surface area (Å²) >= 11 is 0. The molecule has 0 saturated carbocycles. The third kappa shape index (κ3) is 1.37. The van der Waals surface area contributed by atoms with Crippen LogP contribution in [-0.2, 0) is 16.8 Å². The molecule has 2 aromatic rings. The van der Waals surface area contributed by atoms with E-state index in [-0.39, 0.29) is 5.60 Å². The van der Waals surface area contributed by atoms with Crippen LogP contribution in [0, 0.1) is 0 Å². The summed E-state index contributed by atoms with van der Waals surface area (Å²) < 4.78 is 6.33. The molecule has 0 aromatic heterocycles. The predicted molar refractivity (Wildman–Crippen MR) is 71.3 cm³/mol. The Labute approximate surface area is 107 Å². The van der Waals surface area contributed by atoms with Crippen molar-refractivity contribution < 1.29 is 4.74 Å². The zero-order chi connectivity index (χ0) is 12.0. The van der Waals surface area contributed by atoms with Gasteiger partial charge in [0.2, 0.25) is 0 Å². The number of hydrogen-bond donors (Lipinski definition) is 0. The second-order valence-electron chi connectivity index (χ2n) is 5.39. The van der Waals surface area contributed by atoms with Crippen LogP contribution < -0.4 is 0 Å². The van der Waals surface area contributed by atoms with Crippen LogP contribution in [-0.4, -0.2) is 0 Å². The zero-order valence-corrected chi connectivity index (χ0v) is 10.3. The van der Waals surface area contributed by atoms with Crippen molar-refractivity contribution in [2.45, 2.75) is 31.0 Å². The van der Waals surface area contributed by atoms with Gasteiger partial charge in [0.25, 0.3) is 0 Å². The van der Waals surface area contributed by atoms with Gasteiger partial charge in [0.1, 0.15) is 0 Å². The molecule has 0 radical (unpaired) electrons. The summed E-state index contributed by atoms with van der Waals surface area (Å²) in [6, 6.07) is 19.4. The highest BCUT2D eigenvalue weighted by atomic mass is 16.5. The maximum absolute atomic E-state index is 6.33. The highest BCUT2D eigenvalue weighted by molar-refractivity contribution is 5.42. The first-order valence-electron chi connectivity index (χ1n) is 6.69. The summed E-state index contributed by atoms with van der Waals surface area (Å²) in [6.07, 6.45) is 3.67. The Morgan fingerprint density at radius 3 is 2.67 bits per heavy atom. The van der Waals surface area contributed by atoms with Crippen LogP contribution >= 0.6 is 0 Å². The molecule has 0 aliphatic carbocycles. The molecule has 1 nitrogen and oxygen atoms in total. The largest absolute Gasteiger partial charge is 0.362 e. The van der Waals surface area contributed by atoms with Gasteiger partial charge >= 0.3 is 0 Å². The Balaban J connectivity index is 1.77. The number of benzene rings is 2. The van der Waals surface area contributed by atoms with Gasteiger partial charge in [0, 0.05) is 6.42 Å². The first-order valence-corrected chi connectivity index (χ1v) is 6.69. The quantitative estimate of drug-likeness (QED) is 0.766. The normalized spacial score (nSPS) is 28.3. The number of ether oxygens (including phenoxy) is 1. The molecule has 1 fully saturated rings. The van der Waals surface area contributed by atoms with Crippen LogP contribution in [0.15, 0.2) is 54.6 Å². The van der Waals surface area contributed by atoms with Crippen LogP contribution in [0.25, 0.3) is 0 Å². The molecule has 4 rings (SSSR count). The molecule has 0 spiro atoms. The summed E-state index contributed by atoms with van der Waals surface area (Å²) in [4.78, 5) is 0. The van der Waals surface area contributed by atoms with Crippen LogP contribution in [0.2, 0.25) is 0 Å². The molecule has 18 heavy (non-hydrogen) atoms. The maximum Gasteiger partial charge on any atom is 0.0984 e. The monoisotopic (exact) mass is 236 g/mol. The maximum atomic E-state index is 6.33. The smallest absolute Gasteiger partial charge is 0.0984 e. The highest BCUT2D eigenvalue weighted by Crippen LogP contribution is 2.55. The molecule has 2 aliphatic heterocycles. The van der Waals surface area contributed by atoms with Gasteiger partial charge in [0.05, 0.1) is 11.7 Å². The minimum Gasteiger partial charge on any atom is -0.362 e. The van der Waals surface area contributed by atoms with E-state index in [4.69, 9.17) is 4.74 Å². The van der Waals surface area contributed by atoms with E-state index in [2.05, 4.69) is 54.6 Å². The fourth-order valence-electron chi connectivity index (χ4n) is 3.52. The molecule has 1 saturated heterocycles. The molecule has 0 amide bonds. The third-order valence-electron chi connectivity index (χ3n) is 4.31. The number of hydrogen-bond acceptors (Lipinski definition) is 1. The average molecular weight is 236 g/mol. The summed E-state index contributed by atoms with van der Waals surface area (Å²) in [6.45, 7) is 0. The lowest BCUT2D eigenvalue weighted by Crippen LogP contribution is -2.25. The lowest BCUT2D eigenvalue weighted by molar-refractivity contribution is -0.0210. The molecule has 0 N–H and O–H groups in total. The Morgan fingerprint density at radius 2 is 1.78 bits per heavy atom. The predicted octanol–water partition coefficient (Wildman–Crippen LogP) is 3.99. The first kappa shape index (κ1) is 10.3.